The van der Waals surface area contributed by atoms with Crippen LogP contribution >= 0.6 is 11.6 Å². The van der Waals surface area contributed by atoms with Crippen molar-refractivity contribution in [2.75, 3.05) is 0 Å². The van der Waals surface area contributed by atoms with Gasteiger partial charge < -0.3 is 5.11 Å². The SMILES string of the molecule is CC(=O)C(Cl)c1c(O)cccc1C#N. The maximum Gasteiger partial charge on any atom is 0.152 e. The van der Waals surface area contributed by atoms with Gasteiger partial charge in [-0.2, -0.15) is 5.26 Å². The molecule has 0 aliphatic carbocycles. The van der Waals surface area contributed by atoms with Gasteiger partial charge in [0, 0.05) is 5.56 Å². The Hall–Kier alpha value is -1.53. The lowest BCUT2D eigenvalue weighted by Gasteiger charge is -2.09. The van der Waals surface area contributed by atoms with E-state index in [0.717, 1.165) is 0 Å². The summed E-state index contributed by atoms with van der Waals surface area (Å²) >= 11 is 5.77. The molecule has 0 aliphatic heterocycles. The lowest BCUT2D eigenvalue weighted by molar-refractivity contribution is -0.116. The number of benzene rings is 1. The highest BCUT2D eigenvalue weighted by molar-refractivity contribution is 6.31. The van der Waals surface area contributed by atoms with E-state index < -0.39 is 5.38 Å². The highest BCUT2D eigenvalue weighted by atomic mass is 35.5. The highest BCUT2D eigenvalue weighted by Crippen LogP contribution is 2.32. The first-order chi connectivity index (χ1) is 6.57. The first-order valence-electron chi connectivity index (χ1n) is 3.94. The Kier molecular flexibility index (Phi) is 3.10. The van der Waals surface area contributed by atoms with Crippen LogP contribution in [0.2, 0.25) is 0 Å². The van der Waals surface area contributed by atoms with Gasteiger partial charge in [0.15, 0.2) is 5.78 Å². The molecule has 0 heterocycles. The zero-order valence-electron chi connectivity index (χ0n) is 7.49. The largest absolute Gasteiger partial charge is 0.508 e. The molecule has 0 saturated carbocycles. The second-order valence-electron chi connectivity index (χ2n) is 2.82. The maximum atomic E-state index is 11.0. The van der Waals surface area contributed by atoms with E-state index in [4.69, 9.17) is 16.9 Å². The van der Waals surface area contributed by atoms with Crippen molar-refractivity contribution in [3.8, 4) is 11.8 Å². The van der Waals surface area contributed by atoms with Crippen LogP contribution in [-0.2, 0) is 4.79 Å². The molecule has 0 amide bonds. The summed E-state index contributed by atoms with van der Waals surface area (Å²) in [6.07, 6.45) is 0. The van der Waals surface area contributed by atoms with E-state index >= 15 is 0 Å². The standard InChI is InChI=1S/C10H8ClNO2/c1-6(13)10(11)9-7(5-12)3-2-4-8(9)14/h2-4,10,14H,1H3. The van der Waals surface area contributed by atoms with Crippen molar-refractivity contribution < 1.29 is 9.90 Å². The molecule has 0 radical (unpaired) electrons. The average Bonchev–Trinajstić information content (AvgIpc) is 2.16. The number of rotatable bonds is 2. The molecule has 0 saturated heterocycles. The van der Waals surface area contributed by atoms with Gasteiger partial charge in [-0.25, -0.2) is 0 Å². The molecule has 0 bridgehead atoms. The molecule has 4 heteroatoms. The number of carbonyl (C=O) groups is 1. The van der Waals surface area contributed by atoms with Crippen LogP contribution in [-0.4, -0.2) is 10.9 Å². The molecular weight excluding hydrogens is 202 g/mol. The van der Waals surface area contributed by atoms with E-state index in [1.807, 2.05) is 6.07 Å². The van der Waals surface area contributed by atoms with Crippen molar-refractivity contribution in [1.82, 2.24) is 0 Å². The Morgan fingerprint density at radius 3 is 2.79 bits per heavy atom. The van der Waals surface area contributed by atoms with E-state index in [0.29, 0.717) is 0 Å². The number of phenolic OH excluding ortho intramolecular Hbond substituents is 1. The Bertz CT molecular complexity index is 409. The van der Waals surface area contributed by atoms with Crippen molar-refractivity contribution in [3.63, 3.8) is 0 Å². The van der Waals surface area contributed by atoms with Crippen molar-refractivity contribution in [3.05, 3.63) is 29.3 Å². The summed E-state index contributed by atoms with van der Waals surface area (Å²) in [5, 5.41) is 17.2. The topological polar surface area (TPSA) is 61.1 Å². The predicted octanol–water partition coefficient (Wildman–Crippen LogP) is 2.13. The third-order valence-electron chi connectivity index (χ3n) is 1.81. The first kappa shape index (κ1) is 10.6. The summed E-state index contributed by atoms with van der Waals surface area (Å²) in [4.78, 5) is 11.0. The summed E-state index contributed by atoms with van der Waals surface area (Å²) in [6.45, 7) is 1.31. The number of alkyl halides is 1. The fourth-order valence-corrected chi connectivity index (χ4v) is 1.35. The number of Topliss-reactive ketones (excluding diaryl/α,β-unsaturated/α-hetero) is 1. The monoisotopic (exact) mass is 209 g/mol. The molecule has 3 nitrogen and oxygen atoms in total. The molecule has 0 spiro atoms. The van der Waals surface area contributed by atoms with E-state index in [-0.39, 0.29) is 22.7 Å². The fraction of sp³-hybridized carbons (Fsp3) is 0.200. The molecule has 1 atom stereocenters. The number of hydrogen-bond acceptors (Lipinski definition) is 3. The van der Waals surface area contributed by atoms with Gasteiger partial charge >= 0.3 is 0 Å². The second-order valence-corrected chi connectivity index (χ2v) is 3.26. The minimum atomic E-state index is -0.967. The quantitative estimate of drug-likeness (QED) is 0.759. The normalized spacial score (nSPS) is 11.8. The van der Waals surface area contributed by atoms with Crippen molar-refractivity contribution in [2.24, 2.45) is 0 Å². The van der Waals surface area contributed by atoms with Crippen LogP contribution in [0.3, 0.4) is 0 Å². The molecule has 0 fully saturated rings. The molecule has 1 rings (SSSR count). The third-order valence-corrected chi connectivity index (χ3v) is 2.34. The molecule has 72 valence electrons. The lowest BCUT2D eigenvalue weighted by atomic mass is 10.0. The van der Waals surface area contributed by atoms with Crippen molar-refractivity contribution >= 4 is 17.4 Å². The van der Waals surface area contributed by atoms with E-state index in [1.165, 1.54) is 25.1 Å². The number of nitrogens with zero attached hydrogens (tertiary/aromatic N) is 1. The molecule has 14 heavy (non-hydrogen) atoms. The second kappa shape index (κ2) is 4.12. The minimum Gasteiger partial charge on any atom is -0.508 e. The molecule has 1 aromatic carbocycles. The molecular formula is C10H8ClNO2. The number of carbonyl (C=O) groups excluding carboxylic acids is 1. The Balaban J connectivity index is 3.32. The maximum absolute atomic E-state index is 11.0. The molecule has 1 unspecified atom stereocenters. The number of phenols is 1. The summed E-state index contributed by atoms with van der Waals surface area (Å²) in [5.41, 5.74) is 0.407. The van der Waals surface area contributed by atoms with E-state index in [1.54, 1.807) is 0 Å². The average molecular weight is 210 g/mol. The van der Waals surface area contributed by atoms with E-state index in [2.05, 4.69) is 0 Å². The van der Waals surface area contributed by atoms with Crippen molar-refractivity contribution in [1.29, 1.82) is 5.26 Å². The van der Waals surface area contributed by atoms with Crippen LogP contribution in [0.15, 0.2) is 18.2 Å². The van der Waals surface area contributed by atoms with Crippen LogP contribution in [0, 0.1) is 11.3 Å². The Morgan fingerprint density at radius 1 is 1.64 bits per heavy atom. The summed E-state index contributed by atoms with van der Waals surface area (Å²) in [6, 6.07) is 6.31. The number of aromatic hydroxyl groups is 1. The molecule has 1 N–H and O–H groups in total. The Morgan fingerprint density at radius 2 is 2.29 bits per heavy atom. The van der Waals surface area contributed by atoms with Crippen LogP contribution in [0.1, 0.15) is 23.4 Å². The summed E-state index contributed by atoms with van der Waals surface area (Å²) in [7, 11) is 0. The summed E-state index contributed by atoms with van der Waals surface area (Å²) in [5.74, 6) is -0.427. The van der Waals surface area contributed by atoms with Crippen LogP contribution in [0.4, 0.5) is 0 Å². The van der Waals surface area contributed by atoms with Crippen molar-refractivity contribution in [2.45, 2.75) is 12.3 Å². The fourth-order valence-electron chi connectivity index (χ4n) is 1.12. The molecule has 0 aliphatic rings. The van der Waals surface area contributed by atoms with Gasteiger partial charge in [-0.05, 0) is 19.1 Å². The van der Waals surface area contributed by atoms with Crippen LogP contribution in [0.25, 0.3) is 0 Å². The van der Waals surface area contributed by atoms with Crippen LogP contribution < -0.4 is 0 Å². The lowest BCUT2D eigenvalue weighted by Crippen LogP contribution is -2.04. The van der Waals surface area contributed by atoms with Gasteiger partial charge in [-0.3, -0.25) is 4.79 Å². The summed E-state index contributed by atoms with van der Waals surface area (Å²) < 4.78 is 0. The number of halogens is 1. The number of ketones is 1. The minimum absolute atomic E-state index is 0.126. The van der Waals surface area contributed by atoms with Gasteiger partial charge in [0.25, 0.3) is 0 Å². The highest BCUT2D eigenvalue weighted by Gasteiger charge is 2.20. The van der Waals surface area contributed by atoms with Gasteiger partial charge in [0.05, 0.1) is 11.6 Å². The number of nitriles is 1. The zero-order valence-corrected chi connectivity index (χ0v) is 8.25. The predicted molar refractivity (Wildman–Crippen MR) is 52.1 cm³/mol. The van der Waals surface area contributed by atoms with Gasteiger partial charge in [0.1, 0.15) is 11.1 Å². The third kappa shape index (κ3) is 1.86. The van der Waals surface area contributed by atoms with Crippen LogP contribution in [0.5, 0.6) is 5.75 Å². The van der Waals surface area contributed by atoms with Gasteiger partial charge in [-0.15, -0.1) is 11.6 Å². The molecule has 0 aromatic heterocycles. The molecule has 1 aromatic rings. The first-order valence-corrected chi connectivity index (χ1v) is 4.38. The number of hydrogen-bond donors (Lipinski definition) is 1. The smallest absolute Gasteiger partial charge is 0.152 e. The zero-order chi connectivity index (χ0) is 10.7. The Labute approximate surface area is 86.5 Å². The van der Waals surface area contributed by atoms with Gasteiger partial charge in [-0.1, -0.05) is 6.07 Å². The van der Waals surface area contributed by atoms with Gasteiger partial charge in [0.2, 0.25) is 0 Å². The van der Waals surface area contributed by atoms with E-state index in [9.17, 15) is 9.90 Å².